The zero-order chi connectivity index (χ0) is 24.3. The zero-order valence-corrected chi connectivity index (χ0v) is 21.1. The van der Waals surface area contributed by atoms with Gasteiger partial charge in [-0.2, -0.15) is 4.98 Å². The molecule has 0 radical (unpaired) electrons. The molecule has 1 aliphatic carbocycles. The fourth-order valence-electron chi connectivity index (χ4n) is 5.76. The third-order valence-corrected chi connectivity index (χ3v) is 9.15. The SMILES string of the molecule is CC(C)(COC(N)=O)Nc1nc(N2CC3CN(c4ccc5c(c4)CC5)CC3C2)nc2c1S(=O)CC2. The highest BCUT2D eigenvalue weighted by atomic mass is 32.2. The third kappa shape index (κ3) is 4.22. The predicted molar refractivity (Wildman–Crippen MR) is 136 cm³/mol. The second-order valence-electron chi connectivity index (χ2n) is 10.8. The average molecular weight is 497 g/mol. The molecule has 6 rings (SSSR count). The van der Waals surface area contributed by atoms with Crippen LogP contribution < -0.4 is 20.9 Å². The number of aryl methyl sites for hydroxylation is 3. The highest BCUT2D eigenvalue weighted by Gasteiger charge is 2.42. The molecule has 0 bridgehead atoms. The molecule has 1 aromatic heterocycles. The number of anilines is 3. The second-order valence-corrected chi connectivity index (χ2v) is 12.4. The van der Waals surface area contributed by atoms with Crippen molar-refractivity contribution in [3.8, 4) is 0 Å². The second kappa shape index (κ2) is 8.36. The predicted octanol–water partition coefficient (Wildman–Crippen LogP) is 2.10. The summed E-state index contributed by atoms with van der Waals surface area (Å²) in [5, 5.41) is 3.35. The van der Waals surface area contributed by atoms with E-state index in [9.17, 15) is 9.00 Å². The highest BCUT2D eigenvalue weighted by molar-refractivity contribution is 7.85. The fraction of sp³-hybridized carbons (Fsp3) is 0.560. The maximum Gasteiger partial charge on any atom is 0.404 e. The van der Waals surface area contributed by atoms with Crippen LogP contribution in [0.2, 0.25) is 0 Å². The lowest BCUT2D eigenvalue weighted by molar-refractivity contribution is 0.138. The van der Waals surface area contributed by atoms with Crippen LogP contribution in [0.4, 0.5) is 22.2 Å². The molecular formula is C25H32N6O3S. The number of nitrogens with zero attached hydrogens (tertiary/aromatic N) is 4. The van der Waals surface area contributed by atoms with E-state index in [1.807, 2.05) is 13.8 Å². The van der Waals surface area contributed by atoms with Crippen LogP contribution in [0, 0.1) is 11.8 Å². The van der Waals surface area contributed by atoms with Gasteiger partial charge in [-0.05, 0) is 49.9 Å². The normalized spacial score (nSPS) is 24.6. The molecular weight excluding hydrogens is 464 g/mol. The van der Waals surface area contributed by atoms with Crippen LogP contribution in [0.1, 0.15) is 30.7 Å². The molecule has 35 heavy (non-hydrogen) atoms. The number of amides is 1. The quantitative estimate of drug-likeness (QED) is 0.625. The van der Waals surface area contributed by atoms with Gasteiger partial charge in [0.25, 0.3) is 0 Å². The molecule has 0 spiro atoms. The van der Waals surface area contributed by atoms with Crippen LogP contribution in [0.15, 0.2) is 23.1 Å². The van der Waals surface area contributed by atoms with Gasteiger partial charge in [-0.1, -0.05) is 6.07 Å². The fourth-order valence-corrected chi connectivity index (χ4v) is 7.07. The number of nitrogens with one attached hydrogen (secondary N) is 1. The molecule has 2 saturated heterocycles. The monoisotopic (exact) mass is 496 g/mol. The molecule has 3 aliphatic heterocycles. The lowest BCUT2D eigenvalue weighted by Gasteiger charge is -2.28. The Labute approximate surface area is 207 Å². The lowest BCUT2D eigenvalue weighted by Crippen LogP contribution is -2.39. The number of rotatable bonds is 6. The number of benzene rings is 1. The van der Waals surface area contributed by atoms with E-state index in [2.05, 4.69) is 33.3 Å². The minimum atomic E-state index is -1.14. The number of carbonyl (C=O) groups excluding carboxylic acids is 1. The Morgan fingerprint density at radius 2 is 1.83 bits per heavy atom. The molecule has 3 unspecified atom stereocenters. The summed E-state index contributed by atoms with van der Waals surface area (Å²) in [5.74, 6) is 2.97. The molecule has 2 fully saturated rings. The number of fused-ring (bicyclic) bond motifs is 3. The maximum absolute atomic E-state index is 12.7. The number of hydrogen-bond donors (Lipinski definition) is 2. The van der Waals surface area contributed by atoms with Gasteiger partial charge in [0, 0.05) is 55.9 Å². The van der Waals surface area contributed by atoms with Crippen molar-refractivity contribution in [3.05, 3.63) is 35.0 Å². The number of aromatic nitrogens is 2. The van der Waals surface area contributed by atoms with E-state index in [4.69, 9.17) is 20.4 Å². The van der Waals surface area contributed by atoms with E-state index in [-0.39, 0.29) is 6.61 Å². The smallest absolute Gasteiger partial charge is 0.404 e. The summed E-state index contributed by atoms with van der Waals surface area (Å²) in [6.07, 6.45) is 2.28. The minimum Gasteiger partial charge on any atom is -0.447 e. The van der Waals surface area contributed by atoms with Crippen molar-refractivity contribution < 1.29 is 13.7 Å². The Balaban J connectivity index is 1.19. The van der Waals surface area contributed by atoms with E-state index in [0.29, 0.717) is 40.7 Å². The van der Waals surface area contributed by atoms with Gasteiger partial charge in [-0.15, -0.1) is 0 Å². The van der Waals surface area contributed by atoms with Crippen LogP contribution in [0.3, 0.4) is 0 Å². The number of nitrogens with two attached hydrogens (primary N) is 1. The van der Waals surface area contributed by atoms with Crippen molar-refractivity contribution in [2.45, 2.75) is 43.5 Å². The van der Waals surface area contributed by atoms with Crippen molar-refractivity contribution >= 4 is 34.3 Å². The topological polar surface area (TPSA) is 114 Å². The third-order valence-electron chi connectivity index (χ3n) is 7.70. The molecule has 0 saturated carbocycles. The zero-order valence-electron chi connectivity index (χ0n) is 20.2. The Morgan fingerprint density at radius 3 is 2.49 bits per heavy atom. The van der Waals surface area contributed by atoms with Gasteiger partial charge in [0.1, 0.15) is 17.3 Å². The van der Waals surface area contributed by atoms with Crippen LogP contribution >= 0.6 is 0 Å². The Morgan fingerprint density at radius 1 is 1.11 bits per heavy atom. The summed E-state index contributed by atoms with van der Waals surface area (Å²) < 4.78 is 17.7. The van der Waals surface area contributed by atoms with Crippen LogP contribution in [0.25, 0.3) is 0 Å². The van der Waals surface area contributed by atoms with Crippen LogP contribution in [0.5, 0.6) is 0 Å². The van der Waals surface area contributed by atoms with E-state index < -0.39 is 22.4 Å². The summed E-state index contributed by atoms with van der Waals surface area (Å²) in [6.45, 7) is 7.81. The standard InChI is InChI=1S/C25H32N6O3S/c1-25(2,14-34-23(26)32)29-22-21-20(7-8-35(21)33)27-24(28-22)31-12-17-10-30(11-18(17)13-31)19-6-5-15-3-4-16(15)9-19/h5-6,9,17-18H,3-4,7-8,10-14H2,1-2H3,(H2,26,32)(H,27,28,29). The van der Waals surface area contributed by atoms with Gasteiger partial charge in [0.2, 0.25) is 5.95 Å². The summed E-state index contributed by atoms with van der Waals surface area (Å²) in [6, 6.07) is 6.95. The molecule has 3 N–H and O–H groups in total. The van der Waals surface area contributed by atoms with Gasteiger partial charge in [-0.3, -0.25) is 4.21 Å². The first-order valence-corrected chi connectivity index (χ1v) is 13.7. The molecule has 4 heterocycles. The lowest BCUT2D eigenvalue weighted by atomic mass is 9.88. The minimum absolute atomic E-state index is 0.0788. The Hall–Kier alpha value is -2.88. The first-order chi connectivity index (χ1) is 16.8. The molecule has 1 aromatic carbocycles. The van der Waals surface area contributed by atoms with E-state index in [1.165, 1.54) is 29.7 Å². The van der Waals surface area contributed by atoms with Crippen LogP contribution in [-0.4, -0.2) is 64.3 Å². The maximum atomic E-state index is 12.7. The summed E-state index contributed by atoms with van der Waals surface area (Å²) in [4.78, 5) is 26.3. The number of carbonyl (C=O) groups is 1. The molecule has 2 aromatic rings. The largest absolute Gasteiger partial charge is 0.447 e. The molecule has 10 heteroatoms. The number of ether oxygens (including phenoxy) is 1. The highest BCUT2D eigenvalue weighted by Crippen LogP contribution is 2.38. The van der Waals surface area contributed by atoms with Gasteiger partial charge in [0.05, 0.1) is 22.0 Å². The van der Waals surface area contributed by atoms with Crippen molar-refractivity contribution in [1.29, 1.82) is 0 Å². The molecule has 3 atom stereocenters. The van der Waals surface area contributed by atoms with E-state index >= 15 is 0 Å². The van der Waals surface area contributed by atoms with Crippen molar-refractivity contribution in [1.82, 2.24) is 9.97 Å². The number of hydrogen-bond acceptors (Lipinski definition) is 8. The molecule has 4 aliphatic rings. The average Bonchev–Trinajstić information content (AvgIpc) is 3.46. The summed E-state index contributed by atoms with van der Waals surface area (Å²) >= 11 is 0. The van der Waals surface area contributed by atoms with E-state index in [1.54, 1.807) is 0 Å². The van der Waals surface area contributed by atoms with Crippen LogP contribution in [-0.2, 0) is 34.8 Å². The summed E-state index contributed by atoms with van der Waals surface area (Å²) in [5.41, 5.74) is 9.74. The van der Waals surface area contributed by atoms with Gasteiger partial charge < -0.3 is 25.6 Å². The Bertz CT molecular complexity index is 1200. The van der Waals surface area contributed by atoms with Gasteiger partial charge in [0.15, 0.2) is 0 Å². The van der Waals surface area contributed by atoms with Crippen molar-refractivity contribution in [3.63, 3.8) is 0 Å². The Kier molecular flexibility index (Phi) is 5.39. The molecule has 1 amide bonds. The van der Waals surface area contributed by atoms with Gasteiger partial charge in [-0.25, -0.2) is 9.78 Å². The summed E-state index contributed by atoms with van der Waals surface area (Å²) in [7, 11) is -1.14. The first kappa shape index (κ1) is 22.6. The first-order valence-electron chi connectivity index (χ1n) is 12.4. The molecule has 9 nitrogen and oxygen atoms in total. The van der Waals surface area contributed by atoms with Crippen molar-refractivity contribution in [2.24, 2.45) is 17.6 Å². The van der Waals surface area contributed by atoms with Crippen molar-refractivity contribution in [2.75, 3.05) is 53.7 Å². The van der Waals surface area contributed by atoms with E-state index in [0.717, 1.165) is 31.9 Å². The van der Waals surface area contributed by atoms with Gasteiger partial charge >= 0.3 is 6.09 Å². The molecule has 186 valence electrons. The number of primary amides is 1.